The molecule has 106 valence electrons. The Kier molecular flexibility index (Phi) is 5.07. The molecule has 3 N–H and O–H groups in total. The number of rotatable bonds is 5. The molecule has 1 heterocycles. The van der Waals surface area contributed by atoms with E-state index in [0.29, 0.717) is 12.3 Å². The Labute approximate surface area is 116 Å². The topological polar surface area (TPSA) is 106 Å². The number of hydrogen-bond donors (Lipinski definition) is 2. The van der Waals surface area contributed by atoms with Gasteiger partial charge in [0.1, 0.15) is 0 Å². The van der Waals surface area contributed by atoms with E-state index < -0.39 is 21.8 Å². The highest BCUT2D eigenvalue weighted by atomic mass is 32.2. The summed E-state index contributed by atoms with van der Waals surface area (Å²) in [4.78, 5) is 23.5. The molecule has 0 aromatic carbocycles. The second-order valence-corrected chi connectivity index (χ2v) is 7.36. The lowest BCUT2D eigenvalue weighted by Crippen LogP contribution is -2.41. The molecule has 0 bridgehead atoms. The summed E-state index contributed by atoms with van der Waals surface area (Å²) < 4.78 is 24.7. The first-order valence-corrected chi connectivity index (χ1v) is 8.11. The minimum atomic E-state index is -3.83. The Hall–Kier alpha value is -1.41. The zero-order valence-electron chi connectivity index (χ0n) is 10.7. The van der Waals surface area contributed by atoms with Gasteiger partial charge in [0.2, 0.25) is 10.0 Å². The van der Waals surface area contributed by atoms with E-state index in [1.807, 2.05) is 12.1 Å². The van der Waals surface area contributed by atoms with Gasteiger partial charge in [-0.05, 0) is 24.5 Å². The lowest BCUT2D eigenvalue weighted by atomic mass is 10.2. The monoisotopic (exact) mass is 304 g/mol. The number of nitrogens with one attached hydrogen (secondary N) is 1. The predicted octanol–water partition coefficient (Wildman–Crippen LogP) is 0.345. The van der Waals surface area contributed by atoms with Crippen molar-refractivity contribution >= 4 is 33.2 Å². The minimum absolute atomic E-state index is 0.260. The quantitative estimate of drug-likeness (QED) is 0.765. The third kappa shape index (κ3) is 4.99. The number of sulfonamides is 1. The zero-order valence-corrected chi connectivity index (χ0v) is 12.3. The zero-order chi connectivity index (χ0) is 14.6. The summed E-state index contributed by atoms with van der Waals surface area (Å²) in [6, 6.07) is 3.82. The van der Waals surface area contributed by atoms with Gasteiger partial charge in [0.05, 0.1) is 5.75 Å². The lowest BCUT2D eigenvalue weighted by Gasteiger charge is -2.03. The van der Waals surface area contributed by atoms with Gasteiger partial charge in [-0.3, -0.25) is 9.59 Å². The first-order chi connectivity index (χ1) is 8.71. The third-order valence-electron chi connectivity index (χ3n) is 2.34. The Balaban J connectivity index is 2.60. The van der Waals surface area contributed by atoms with E-state index in [0.717, 1.165) is 4.88 Å². The molecule has 1 rings (SSSR count). The SMILES string of the molecule is CC(C)c1ccc(CCS(=O)(=O)NC(=O)C(N)=O)s1. The number of aryl methyl sites for hydroxylation is 1. The van der Waals surface area contributed by atoms with Crippen molar-refractivity contribution in [2.24, 2.45) is 5.73 Å². The van der Waals surface area contributed by atoms with Crippen molar-refractivity contribution in [3.8, 4) is 0 Å². The second-order valence-electron chi connectivity index (χ2n) is 4.32. The number of carbonyl (C=O) groups excluding carboxylic acids is 2. The van der Waals surface area contributed by atoms with Crippen LogP contribution in [0.1, 0.15) is 29.5 Å². The molecule has 8 heteroatoms. The van der Waals surface area contributed by atoms with E-state index in [9.17, 15) is 18.0 Å². The van der Waals surface area contributed by atoms with Crippen molar-refractivity contribution in [2.75, 3.05) is 5.75 Å². The van der Waals surface area contributed by atoms with Crippen molar-refractivity contribution in [1.82, 2.24) is 4.72 Å². The first kappa shape index (κ1) is 15.6. The van der Waals surface area contributed by atoms with E-state index in [1.165, 1.54) is 16.2 Å². The predicted molar refractivity (Wildman–Crippen MR) is 73.2 cm³/mol. The molecule has 0 radical (unpaired) electrons. The molecule has 0 saturated heterocycles. The first-order valence-electron chi connectivity index (χ1n) is 5.64. The highest BCUT2D eigenvalue weighted by Gasteiger charge is 2.18. The van der Waals surface area contributed by atoms with Gasteiger partial charge in [-0.1, -0.05) is 13.8 Å². The van der Waals surface area contributed by atoms with Crippen LogP contribution in [0.2, 0.25) is 0 Å². The molecule has 19 heavy (non-hydrogen) atoms. The average Bonchev–Trinajstić information content (AvgIpc) is 2.74. The summed E-state index contributed by atoms with van der Waals surface area (Å²) in [6.07, 6.45) is 0.290. The molecule has 0 unspecified atom stereocenters. The number of amides is 2. The fourth-order valence-electron chi connectivity index (χ4n) is 1.32. The molecule has 0 saturated carbocycles. The molecule has 0 aliphatic heterocycles. The summed E-state index contributed by atoms with van der Waals surface area (Å²) in [5.74, 6) is -2.50. The summed E-state index contributed by atoms with van der Waals surface area (Å²) >= 11 is 1.54. The highest BCUT2D eigenvalue weighted by Crippen LogP contribution is 2.24. The van der Waals surface area contributed by atoms with Crippen molar-refractivity contribution in [3.63, 3.8) is 0 Å². The van der Waals surface area contributed by atoms with Gasteiger partial charge in [-0.15, -0.1) is 11.3 Å². The van der Waals surface area contributed by atoms with Crippen molar-refractivity contribution < 1.29 is 18.0 Å². The van der Waals surface area contributed by atoms with Crippen LogP contribution in [0.25, 0.3) is 0 Å². The summed E-state index contributed by atoms with van der Waals surface area (Å²) in [7, 11) is -3.83. The van der Waals surface area contributed by atoms with Crippen molar-refractivity contribution in [1.29, 1.82) is 0 Å². The van der Waals surface area contributed by atoms with Crippen LogP contribution in [0, 0.1) is 0 Å². The van der Waals surface area contributed by atoms with Crippen LogP contribution in [0.3, 0.4) is 0 Å². The number of primary amides is 1. The van der Waals surface area contributed by atoms with Crippen LogP contribution in [0.15, 0.2) is 12.1 Å². The molecule has 0 atom stereocenters. The normalized spacial score (nSPS) is 11.5. The Morgan fingerprint density at radius 1 is 1.37 bits per heavy atom. The minimum Gasteiger partial charge on any atom is -0.361 e. The van der Waals surface area contributed by atoms with Crippen molar-refractivity contribution in [2.45, 2.75) is 26.2 Å². The van der Waals surface area contributed by atoms with E-state index in [1.54, 1.807) is 4.72 Å². The summed E-state index contributed by atoms with van der Waals surface area (Å²) in [5, 5.41) is 0. The molecule has 0 aliphatic carbocycles. The fraction of sp³-hybridized carbons (Fsp3) is 0.455. The maximum absolute atomic E-state index is 11.5. The molecule has 0 spiro atoms. The van der Waals surface area contributed by atoms with Crippen LogP contribution in [-0.4, -0.2) is 26.0 Å². The molecule has 1 aromatic heterocycles. The number of nitrogens with two attached hydrogens (primary N) is 1. The van der Waals surface area contributed by atoms with E-state index >= 15 is 0 Å². The van der Waals surface area contributed by atoms with Crippen LogP contribution < -0.4 is 10.5 Å². The lowest BCUT2D eigenvalue weighted by molar-refractivity contribution is -0.136. The van der Waals surface area contributed by atoms with Gasteiger partial charge in [-0.2, -0.15) is 0 Å². The maximum Gasteiger partial charge on any atom is 0.322 e. The number of thiophene rings is 1. The number of carbonyl (C=O) groups is 2. The van der Waals surface area contributed by atoms with E-state index in [-0.39, 0.29) is 5.75 Å². The Morgan fingerprint density at radius 3 is 2.47 bits per heavy atom. The van der Waals surface area contributed by atoms with Gasteiger partial charge in [0, 0.05) is 9.75 Å². The average molecular weight is 304 g/mol. The molecule has 2 amide bonds. The standard InChI is InChI=1S/C11H16N2O4S2/c1-7(2)9-4-3-8(18-9)5-6-19(16,17)13-11(15)10(12)14/h3-4,7H,5-6H2,1-2H3,(H2,12,14)(H,13,15). The van der Waals surface area contributed by atoms with Crippen LogP contribution in [0.4, 0.5) is 0 Å². The van der Waals surface area contributed by atoms with Gasteiger partial charge in [-0.25, -0.2) is 13.1 Å². The largest absolute Gasteiger partial charge is 0.361 e. The second kappa shape index (κ2) is 6.16. The molecular formula is C11H16N2O4S2. The molecule has 0 aliphatic rings. The van der Waals surface area contributed by atoms with Gasteiger partial charge in [0.25, 0.3) is 0 Å². The van der Waals surface area contributed by atoms with E-state index in [2.05, 4.69) is 19.6 Å². The van der Waals surface area contributed by atoms with Crippen LogP contribution in [-0.2, 0) is 26.0 Å². The van der Waals surface area contributed by atoms with Gasteiger partial charge >= 0.3 is 11.8 Å². The fourth-order valence-corrected chi connectivity index (χ4v) is 3.43. The maximum atomic E-state index is 11.5. The third-order valence-corrected chi connectivity index (χ3v) is 5.02. The smallest absolute Gasteiger partial charge is 0.322 e. The molecular weight excluding hydrogens is 288 g/mol. The molecule has 6 nitrogen and oxygen atoms in total. The highest BCUT2D eigenvalue weighted by molar-refractivity contribution is 7.90. The van der Waals surface area contributed by atoms with Gasteiger partial charge in [0.15, 0.2) is 0 Å². The van der Waals surface area contributed by atoms with Crippen LogP contribution >= 0.6 is 11.3 Å². The van der Waals surface area contributed by atoms with E-state index in [4.69, 9.17) is 0 Å². The molecule has 0 fully saturated rings. The van der Waals surface area contributed by atoms with Gasteiger partial charge < -0.3 is 5.73 Å². The summed E-state index contributed by atoms with van der Waals surface area (Å²) in [6.45, 7) is 4.11. The Morgan fingerprint density at radius 2 is 2.00 bits per heavy atom. The molecule has 1 aromatic rings. The Bertz CT molecular complexity index is 575. The summed E-state index contributed by atoms with van der Waals surface area (Å²) in [5.41, 5.74) is 4.67. The van der Waals surface area contributed by atoms with Crippen molar-refractivity contribution in [3.05, 3.63) is 21.9 Å². The number of hydrogen-bond acceptors (Lipinski definition) is 5. The van der Waals surface area contributed by atoms with Crippen LogP contribution in [0.5, 0.6) is 0 Å².